The molecule has 3 aromatic rings. The Morgan fingerprint density at radius 1 is 1.00 bits per heavy atom. The molecule has 7 nitrogen and oxygen atoms in total. The normalized spacial score (nSPS) is 19.1. The number of nitro benzene ring substituents is 1. The molecule has 1 aliphatic heterocycles. The molecule has 0 radical (unpaired) electrons. The van der Waals surface area contributed by atoms with Gasteiger partial charge in [0.2, 0.25) is 0 Å². The van der Waals surface area contributed by atoms with Crippen molar-refractivity contribution in [2.75, 3.05) is 0 Å². The van der Waals surface area contributed by atoms with Gasteiger partial charge in [-0.3, -0.25) is 19.8 Å². The number of non-ortho nitro benzene ring substituents is 1. The number of hydrogen-bond acceptors (Lipinski definition) is 4. The maximum absolute atomic E-state index is 13.1. The van der Waals surface area contributed by atoms with Crippen LogP contribution < -0.4 is 5.32 Å². The first kappa shape index (κ1) is 17.7. The first-order chi connectivity index (χ1) is 13.4. The van der Waals surface area contributed by atoms with E-state index in [9.17, 15) is 19.7 Å². The molecular formula is C21H17N3O4. The number of amides is 3. The van der Waals surface area contributed by atoms with Gasteiger partial charge in [-0.2, -0.15) is 0 Å². The van der Waals surface area contributed by atoms with Gasteiger partial charge in [0.05, 0.1) is 11.5 Å². The van der Waals surface area contributed by atoms with E-state index in [0.29, 0.717) is 11.1 Å². The lowest BCUT2D eigenvalue weighted by atomic mass is 9.90. The maximum Gasteiger partial charge on any atom is 0.325 e. The summed E-state index contributed by atoms with van der Waals surface area (Å²) in [5, 5.41) is 15.6. The molecule has 28 heavy (non-hydrogen) atoms. The van der Waals surface area contributed by atoms with Gasteiger partial charge in [0.1, 0.15) is 5.54 Å². The number of urea groups is 1. The molecule has 1 fully saturated rings. The van der Waals surface area contributed by atoms with Crippen LogP contribution in [0.1, 0.15) is 18.1 Å². The van der Waals surface area contributed by atoms with Crippen molar-refractivity contribution in [2.24, 2.45) is 0 Å². The van der Waals surface area contributed by atoms with Gasteiger partial charge in [-0.1, -0.05) is 48.5 Å². The van der Waals surface area contributed by atoms with Crippen molar-refractivity contribution >= 4 is 28.4 Å². The highest BCUT2D eigenvalue weighted by molar-refractivity contribution is 6.07. The first-order valence-electron chi connectivity index (χ1n) is 8.75. The van der Waals surface area contributed by atoms with E-state index >= 15 is 0 Å². The lowest BCUT2D eigenvalue weighted by Crippen LogP contribution is -2.40. The Hall–Kier alpha value is -3.74. The van der Waals surface area contributed by atoms with Crippen LogP contribution in [-0.4, -0.2) is 21.8 Å². The van der Waals surface area contributed by atoms with Gasteiger partial charge < -0.3 is 5.32 Å². The van der Waals surface area contributed by atoms with E-state index in [-0.39, 0.29) is 18.1 Å². The fourth-order valence-electron chi connectivity index (χ4n) is 3.44. The number of nitro groups is 1. The lowest BCUT2D eigenvalue weighted by Gasteiger charge is -2.22. The number of fused-ring (bicyclic) bond motifs is 1. The van der Waals surface area contributed by atoms with E-state index in [1.54, 1.807) is 19.1 Å². The Bertz CT molecular complexity index is 1110. The molecule has 3 amide bonds. The highest BCUT2D eigenvalue weighted by Gasteiger charge is 2.48. The molecular weight excluding hydrogens is 358 g/mol. The molecule has 4 rings (SSSR count). The molecule has 7 heteroatoms. The summed E-state index contributed by atoms with van der Waals surface area (Å²) in [6.45, 7) is 1.74. The number of benzene rings is 3. The highest BCUT2D eigenvalue weighted by atomic mass is 16.6. The molecule has 1 atom stereocenters. The number of imide groups is 1. The summed E-state index contributed by atoms with van der Waals surface area (Å²) in [7, 11) is 0. The molecule has 1 N–H and O–H groups in total. The lowest BCUT2D eigenvalue weighted by molar-refractivity contribution is -0.384. The standard InChI is InChI=1S/C21H17N3O4/c1-21(17-9-8-15-4-2-3-5-16(15)12-17)19(25)23(20(26)22-21)13-14-6-10-18(11-7-14)24(27)28/h2-12H,13H2,1H3,(H,22,26). The Morgan fingerprint density at radius 2 is 1.68 bits per heavy atom. The quantitative estimate of drug-likeness (QED) is 0.427. The average molecular weight is 375 g/mol. The first-order valence-corrected chi connectivity index (χ1v) is 8.75. The third-order valence-corrected chi connectivity index (χ3v) is 5.09. The van der Waals surface area contributed by atoms with Crippen LogP contribution in [0.5, 0.6) is 0 Å². The molecule has 0 aliphatic carbocycles. The van der Waals surface area contributed by atoms with Crippen LogP contribution >= 0.6 is 0 Å². The Labute approximate surface area is 160 Å². The molecule has 0 spiro atoms. The van der Waals surface area contributed by atoms with Gasteiger partial charge in [-0.15, -0.1) is 0 Å². The number of carbonyl (C=O) groups is 2. The Morgan fingerprint density at radius 3 is 2.36 bits per heavy atom. The summed E-state index contributed by atoms with van der Waals surface area (Å²) in [6.07, 6.45) is 0. The summed E-state index contributed by atoms with van der Waals surface area (Å²) < 4.78 is 0. The smallest absolute Gasteiger partial charge is 0.319 e. The highest BCUT2D eigenvalue weighted by Crippen LogP contribution is 2.32. The number of nitrogens with one attached hydrogen (secondary N) is 1. The van der Waals surface area contributed by atoms with Crippen molar-refractivity contribution in [3.8, 4) is 0 Å². The maximum atomic E-state index is 13.1. The van der Waals surface area contributed by atoms with E-state index in [2.05, 4.69) is 5.32 Å². The molecule has 1 unspecified atom stereocenters. The third kappa shape index (κ3) is 2.87. The van der Waals surface area contributed by atoms with Gasteiger partial charge in [0.15, 0.2) is 0 Å². The number of rotatable bonds is 4. The predicted molar refractivity (Wildman–Crippen MR) is 103 cm³/mol. The topological polar surface area (TPSA) is 92.6 Å². The second-order valence-electron chi connectivity index (χ2n) is 6.93. The summed E-state index contributed by atoms with van der Waals surface area (Å²) in [6, 6.07) is 18.8. The van der Waals surface area contributed by atoms with Crippen LogP contribution in [0, 0.1) is 10.1 Å². The van der Waals surface area contributed by atoms with Crippen molar-refractivity contribution in [1.29, 1.82) is 0 Å². The SMILES string of the molecule is CC1(c2ccc3ccccc3c2)NC(=O)N(Cc2ccc([N+](=O)[O-])cc2)C1=O. The minimum Gasteiger partial charge on any atom is -0.319 e. The molecule has 0 aromatic heterocycles. The van der Waals surface area contributed by atoms with E-state index < -0.39 is 16.5 Å². The van der Waals surface area contributed by atoms with Gasteiger partial charge in [0.25, 0.3) is 11.6 Å². The zero-order valence-electron chi connectivity index (χ0n) is 15.1. The van der Waals surface area contributed by atoms with Crippen LogP contribution in [0.3, 0.4) is 0 Å². The van der Waals surface area contributed by atoms with Crippen LogP contribution in [0.25, 0.3) is 10.8 Å². The molecule has 1 aliphatic rings. The minimum absolute atomic E-state index is 0.0399. The van der Waals surface area contributed by atoms with Crippen molar-refractivity contribution in [2.45, 2.75) is 19.0 Å². The molecule has 1 heterocycles. The molecule has 0 saturated carbocycles. The molecule has 1 saturated heterocycles. The summed E-state index contributed by atoms with van der Waals surface area (Å²) in [4.78, 5) is 37.0. The predicted octanol–water partition coefficient (Wildman–Crippen LogP) is 3.72. The number of nitrogens with zero attached hydrogens (tertiary/aromatic N) is 2. The van der Waals surface area contributed by atoms with Crippen LogP contribution in [0.2, 0.25) is 0 Å². The molecule has 3 aromatic carbocycles. The zero-order valence-corrected chi connectivity index (χ0v) is 15.1. The number of carbonyl (C=O) groups excluding carboxylic acids is 2. The van der Waals surface area contributed by atoms with Crippen molar-refractivity contribution in [1.82, 2.24) is 10.2 Å². The average Bonchev–Trinajstić information content (AvgIpc) is 2.92. The summed E-state index contributed by atoms with van der Waals surface area (Å²) in [5.74, 6) is -0.355. The fourth-order valence-corrected chi connectivity index (χ4v) is 3.44. The van der Waals surface area contributed by atoms with E-state index in [1.807, 2.05) is 42.5 Å². The Balaban J connectivity index is 1.62. The van der Waals surface area contributed by atoms with Crippen molar-refractivity contribution in [3.63, 3.8) is 0 Å². The minimum atomic E-state index is -1.16. The third-order valence-electron chi connectivity index (χ3n) is 5.09. The number of hydrogen-bond donors (Lipinski definition) is 1. The fraction of sp³-hybridized carbons (Fsp3) is 0.143. The van der Waals surface area contributed by atoms with E-state index in [1.165, 1.54) is 12.1 Å². The van der Waals surface area contributed by atoms with Crippen LogP contribution in [0.4, 0.5) is 10.5 Å². The zero-order chi connectivity index (χ0) is 19.9. The second kappa shape index (κ2) is 6.45. The van der Waals surface area contributed by atoms with Gasteiger partial charge >= 0.3 is 6.03 Å². The monoisotopic (exact) mass is 375 g/mol. The van der Waals surface area contributed by atoms with Gasteiger partial charge in [0, 0.05) is 12.1 Å². The van der Waals surface area contributed by atoms with Gasteiger partial charge in [-0.25, -0.2) is 4.79 Å². The summed E-state index contributed by atoms with van der Waals surface area (Å²) in [5.41, 5.74) is 0.136. The van der Waals surface area contributed by atoms with Crippen molar-refractivity contribution < 1.29 is 14.5 Å². The van der Waals surface area contributed by atoms with E-state index in [0.717, 1.165) is 15.7 Å². The largest absolute Gasteiger partial charge is 0.325 e. The second-order valence-corrected chi connectivity index (χ2v) is 6.93. The van der Waals surface area contributed by atoms with Crippen LogP contribution in [-0.2, 0) is 16.9 Å². The van der Waals surface area contributed by atoms with Crippen molar-refractivity contribution in [3.05, 3.63) is 88.0 Å². The van der Waals surface area contributed by atoms with Gasteiger partial charge in [-0.05, 0) is 34.9 Å². The van der Waals surface area contributed by atoms with Crippen LogP contribution in [0.15, 0.2) is 66.7 Å². The molecule has 0 bridgehead atoms. The Kier molecular flexibility index (Phi) is 4.07. The summed E-state index contributed by atoms with van der Waals surface area (Å²) >= 11 is 0. The van der Waals surface area contributed by atoms with E-state index in [4.69, 9.17) is 0 Å². The molecule has 140 valence electrons.